The number of ether oxygens (including phenoxy) is 2. The smallest absolute Gasteiger partial charge is 0.302 e. The monoisotopic (exact) mass is 610 g/mol. The molecule has 40 heavy (non-hydrogen) atoms. The van der Waals surface area contributed by atoms with Gasteiger partial charge >= 0.3 is 5.97 Å². The van der Waals surface area contributed by atoms with Crippen LogP contribution in [0.3, 0.4) is 0 Å². The summed E-state index contributed by atoms with van der Waals surface area (Å²) in [4.78, 5) is 24.9. The number of aromatic amines is 1. The maximum absolute atomic E-state index is 11.4. The van der Waals surface area contributed by atoms with Crippen LogP contribution in [0.5, 0.6) is 0 Å². The molecular formula is C32H43BrN4O3. The molecule has 1 aliphatic heterocycles. The first kappa shape index (κ1) is 29.1. The highest BCUT2D eigenvalue weighted by molar-refractivity contribution is 9.09. The van der Waals surface area contributed by atoms with Gasteiger partial charge in [0.05, 0.1) is 30.3 Å². The predicted molar refractivity (Wildman–Crippen MR) is 164 cm³/mol. The zero-order valence-corrected chi connectivity index (χ0v) is 26.1. The van der Waals surface area contributed by atoms with Crippen LogP contribution in [-0.2, 0) is 27.1 Å². The number of anilines is 1. The number of aromatic nitrogens is 2. The predicted octanol–water partition coefficient (Wildman–Crippen LogP) is 6.37. The number of fused-ring (bicyclic) bond motifs is 1. The molecule has 2 atom stereocenters. The van der Waals surface area contributed by atoms with Crippen LogP contribution in [0.1, 0.15) is 73.9 Å². The van der Waals surface area contributed by atoms with Gasteiger partial charge in [-0.3, -0.25) is 14.7 Å². The first-order valence-electron chi connectivity index (χ1n) is 14.5. The first-order chi connectivity index (χ1) is 19.1. The number of H-pyrrole nitrogens is 1. The van der Waals surface area contributed by atoms with Crippen LogP contribution < -0.4 is 4.90 Å². The molecule has 0 amide bonds. The van der Waals surface area contributed by atoms with Gasteiger partial charge in [0.15, 0.2) is 0 Å². The number of nitrogens with zero attached hydrogens (tertiary/aromatic N) is 3. The highest BCUT2D eigenvalue weighted by Gasteiger charge is 2.31. The summed E-state index contributed by atoms with van der Waals surface area (Å²) in [6.45, 7) is 12.6. The lowest BCUT2D eigenvalue weighted by Gasteiger charge is -2.36. The Labute approximate surface area is 246 Å². The highest BCUT2D eigenvalue weighted by atomic mass is 79.9. The number of benzene rings is 1. The van der Waals surface area contributed by atoms with Gasteiger partial charge in [-0.25, -0.2) is 0 Å². The van der Waals surface area contributed by atoms with Gasteiger partial charge in [0.2, 0.25) is 0 Å². The largest absolute Gasteiger partial charge is 0.465 e. The van der Waals surface area contributed by atoms with Gasteiger partial charge in [-0.15, -0.1) is 0 Å². The van der Waals surface area contributed by atoms with E-state index in [1.165, 1.54) is 47.5 Å². The highest BCUT2D eigenvalue weighted by Crippen LogP contribution is 2.37. The van der Waals surface area contributed by atoms with Crippen molar-refractivity contribution in [1.82, 2.24) is 14.9 Å². The SMILES string of the molecule is CO[C@@H](C)c1ncc(N2CCN(C3CC3)CC2)cc1[C@@H](Br)Cc1ccc2[nH]cc(CC(C)(C)COC(C)=O)c2c1. The molecule has 1 aromatic carbocycles. The number of hydrogen-bond donors (Lipinski definition) is 1. The van der Waals surface area contributed by atoms with Crippen LogP contribution in [0.25, 0.3) is 10.9 Å². The second-order valence-electron chi connectivity index (χ2n) is 12.3. The third kappa shape index (κ3) is 6.89. The standard InChI is InChI=1S/C32H43BrN4O3/c1-21(39-5)31-28(16-26(19-35-31)37-12-10-36(11-13-37)25-7-8-25)29(33)15-23-6-9-30-27(14-23)24(18-34-30)17-32(3,4)20-40-22(2)38/h6,9,14,16,18-19,21,25,29,34H,7-8,10-13,15,17,20H2,1-5H3/t21-,29-/m0/s1. The maximum Gasteiger partial charge on any atom is 0.302 e. The van der Waals surface area contributed by atoms with Crippen molar-refractivity contribution in [3.8, 4) is 0 Å². The van der Waals surface area contributed by atoms with Crippen molar-refractivity contribution in [3.63, 3.8) is 0 Å². The van der Waals surface area contributed by atoms with E-state index in [-0.39, 0.29) is 22.3 Å². The molecule has 0 bridgehead atoms. The van der Waals surface area contributed by atoms with Crippen molar-refractivity contribution in [1.29, 1.82) is 0 Å². The zero-order chi connectivity index (χ0) is 28.4. The van der Waals surface area contributed by atoms with Crippen LogP contribution >= 0.6 is 15.9 Å². The van der Waals surface area contributed by atoms with E-state index >= 15 is 0 Å². The molecule has 0 spiro atoms. The Kier molecular flexibility index (Phi) is 8.88. The molecule has 1 N–H and O–H groups in total. The number of nitrogens with one attached hydrogen (secondary N) is 1. The first-order valence-corrected chi connectivity index (χ1v) is 15.4. The molecule has 1 aliphatic carbocycles. The summed E-state index contributed by atoms with van der Waals surface area (Å²) in [7, 11) is 1.74. The minimum absolute atomic E-state index is 0.0889. The summed E-state index contributed by atoms with van der Waals surface area (Å²) >= 11 is 4.04. The fourth-order valence-corrected chi connectivity index (χ4v) is 6.56. The minimum atomic E-state index is -0.237. The number of piperazine rings is 1. The van der Waals surface area contributed by atoms with E-state index in [9.17, 15) is 4.79 Å². The van der Waals surface area contributed by atoms with Gasteiger partial charge in [-0.1, -0.05) is 35.8 Å². The lowest BCUT2D eigenvalue weighted by molar-refractivity contribution is -0.143. The van der Waals surface area contributed by atoms with Gasteiger partial charge in [0.25, 0.3) is 0 Å². The number of halogens is 1. The van der Waals surface area contributed by atoms with E-state index in [2.05, 4.69) is 81.9 Å². The Morgan fingerprint density at radius 3 is 2.62 bits per heavy atom. The molecule has 2 aliphatic rings. The zero-order valence-electron chi connectivity index (χ0n) is 24.5. The normalized spacial score (nSPS) is 18.2. The van der Waals surface area contributed by atoms with Crippen molar-refractivity contribution < 1.29 is 14.3 Å². The number of esters is 1. The fraction of sp³-hybridized carbons (Fsp3) is 0.562. The second kappa shape index (κ2) is 12.2. The van der Waals surface area contributed by atoms with E-state index in [0.29, 0.717) is 6.61 Å². The lowest BCUT2D eigenvalue weighted by atomic mass is 9.86. The van der Waals surface area contributed by atoms with Gasteiger partial charge in [0.1, 0.15) is 0 Å². The van der Waals surface area contributed by atoms with Gasteiger partial charge in [0, 0.05) is 73.6 Å². The molecule has 2 fully saturated rings. The van der Waals surface area contributed by atoms with Crippen LogP contribution in [-0.4, -0.2) is 66.8 Å². The average Bonchev–Trinajstić information content (AvgIpc) is 3.73. The molecule has 8 heteroatoms. The number of hydrogen-bond acceptors (Lipinski definition) is 6. The molecule has 0 radical (unpaired) electrons. The van der Waals surface area contributed by atoms with E-state index in [1.54, 1.807) is 7.11 Å². The average molecular weight is 612 g/mol. The van der Waals surface area contributed by atoms with E-state index < -0.39 is 0 Å². The number of carbonyl (C=O) groups is 1. The number of rotatable bonds is 11. The third-order valence-corrected chi connectivity index (χ3v) is 9.15. The van der Waals surface area contributed by atoms with Crippen LogP contribution in [0, 0.1) is 5.41 Å². The molecule has 216 valence electrons. The summed E-state index contributed by atoms with van der Waals surface area (Å²) in [6, 6.07) is 9.81. The third-order valence-electron chi connectivity index (χ3n) is 8.34. The topological polar surface area (TPSA) is 70.7 Å². The number of methoxy groups -OCH3 is 1. The lowest BCUT2D eigenvalue weighted by Crippen LogP contribution is -2.47. The van der Waals surface area contributed by atoms with E-state index in [0.717, 1.165) is 56.3 Å². The Morgan fingerprint density at radius 1 is 1.20 bits per heavy atom. The summed E-state index contributed by atoms with van der Waals surface area (Å²) < 4.78 is 11.0. The fourth-order valence-electron chi connectivity index (χ4n) is 5.82. The molecule has 2 aromatic heterocycles. The molecule has 3 heterocycles. The Morgan fingerprint density at radius 2 is 1.95 bits per heavy atom. The molecule has 1 saturated carbocycles. The van der Waals surface area contributed by atoms with Crippen LogP contribution in [0.2, 0.25) is 0 Å². The van der Waals surface area contributed by atoms with Crippen molar-refractivity contribution >= 4 is 38.5 Å². The Balaban J connectivity index is 1.35. The Hall–Kier alpha value is -2.42. The molecule has 5 rings (SSSR count). The van der Waals surface area contributed by atoms with Crippen molar-refractivity contribution in [3.05, 3.63) is 59.0 Å². The quantitative estimate of drug-likeness (QED) is 0.201. The van der Waals surface area contributed by atoms with Crippen LogP contribution in [0.4, 0.5) is 5.69 Å². The van der Waals surface area contributed by atoms with Crippen LogP contribution in [0.15, 0.2) is 36.7 Å². The van der Waals surface area contributed by atoms with Gasteiger partial charge in [-0.2, -0.15) is 0 Å². The minimum Gasteiger partial charge on any atom is -0.465 e. The summed E-state index contributed by atoms with van der Waals surface area (Å²) in [6.07, 6.45) is 8.40. The number of carbonyl (C=O) groups excluding carboxylic acids is 1. The summed E-state index contributed by atoms with van der Waals surface area (Å²) in [5.41, 5.74) is 6.83. The number of alkyl halides is 1. The molecule has 0 unspecified atom stereocenters. The van der Waals surface area contributed by atoms with Crippen molar-refractivity contribution in [2.45, 2.75) is 70.4 Å². The van der Waals surface area contributed by atoms with Gasteiger partial charge in [-0.05, 0) is 67.5 Å². The number of pyridine rings is 1. The molecular weight excluding hydrogens is 568 g/mol. The van der Waals surface area contributed by atoms with Crippen molar-refractivity contribution in [2.24, 2.45) is 5.41 Å². The van der Waals surface area contributed by atoms with E-state index in [1.807, 2.05) is 6.20 Å². The summed E-state index contributed by atoms with van der Waals surface area (Å²) in [5, 5.41) is 1.22. The van der Waals surface area contributed by atoms with E-state index in [4.69, 9.17) is 14.5 Å². The van der Waals surface area contributed by atoms with Crippen molar-refractivity contribution in [2.75, 3.05) is 44.8 Å². The Bertz CT molecular complexity index is 1330. The second-order valence-corrected chi connectivity index (χ2v) is 13.4. The molecule has 3 aromatic rings. The molecule has 1 saturated heterocycles. The summed E-state index contributed by atoms with van der Waals surface area (Å²) in [5.74, 6) is -0.237. The maximum atomic E-state index is 11.4. The molecule has 7 nitrogen and oxygen atoms in total. The van der Waals surface area contributed by atoms with Gasteiger partial charge < -0.3 is 19.4 Å².